The van der Waals surface area contributed by atoms with Gasteiger partial charge in [0.25, 0.3) is 0 Å². The molecule has 1 aromatic rings. The van der Waals surface area contributed by atoms with Crippen LogP contribution >= 0.6 is 11.3 Å². The number of hydroxylamine groups is 2. The Labute approximate surface area is 188 Å². The van der Waals surface area contributed by atoms with E-state index in [4.69, 9.17) is 9.57 Å². The third-order valence-electron chi connectivity index (χ3n) is 4.82. The first-order chi connectivity index (χ1) is 14.7. The highest BCUT2D eigenvalue weighted by molar-refractivity contribution is 7.09. The SMILES string of the molecule is CCCCCON(C(=O)CCCC)C(CC(OC(C)=O)c1nc(C(=O)O)cs1)C(C)C. The minimum absolute atomic E-state index is 0.0220. The van der Waals surface area contributed by atoms with Crippen LogP contribution in [0.4, 0.5) is 0 Å². The minimum atomic E-state index is -1.14. The van der Waals surface area contributed by atoms with Crippen LogP contribution < -0.4 is 0 Å². The molecule has 176 valence electrons. The van der Waals surface area contributed by atoms with Crippen molar-refractivity contribution in [2.75, 3.05) is 6.61 Å². The summed E-state index contributed by atoms with van der Waals surface area (Å²) >= 11 is 1.13. The third-order valence-corrected chi connectivity index (χ3v) is 5.76. The molecule has 1 N–H and O–H groups in total. The molecule has 0 aliphatic rings. The number of rotatable bonds is 15. The molecule has 0 aliphatic heterocycles. The molecule has 0 aromatic carbocycles. The molecule has 9 heteroatoms. The van der Waals surface area contributed by atoms with Gasteiger partial charge in [-0.2, -0.15) is 0 Å². The summed E-state index contributed by atoms with van der Waals surface area (Å²) < 4.78 is 5.49. The van der Waals surface area contributed by atoms with E-state index in [2.05, 4.69) is 11.9 Å². The van der Waals surface area contributed by atoms with Gasteiger partial charge in [0.15, 0.2) is 11.8 Å². The number of unbranched alkanes of at least 4 members (excludes halogenated alkanes) is 3. The number of thiazole rings is 1. The van der Waals surface area contributed by atoms with Gasteiger partial charge in [-0.3, -0.25) is 14.4 Å². The molecule has 2 unspecified atom stereocenters. The summed E-state index contributed by atoms with van der Waals surface area (Å²) in [5.41, 5.74) is -0.0926. The summed E-state index contributed by atoms with van der Waals surface area (Å²) in [4.78, 5) is 46.0. The highest BCUT2D eigenvalue weighted by atomic mass is 32.1. The van der Waals surface area contributed by atoms with E-state index in [0.29, 0.717) is 18.0 Å². The number of aromatic carboxylic acids is 1. The Morgan fingerprint density at radius 1 is 1.16 bits per heavy atom. The van der Waals surface area contributed by atoms with Crippen molar-refractivity contribution in [3.05, 3.63) is 16.1 Å². The number of nitrogens with zero attached hydrogens (tertiary/aromatic N) is 2. The lowest BCUT2D eigenvalue weighted by atomic mass is 9.97. The van der Waals surface area contributed by atoms with Crippen molar-refractivity contribution in [2.45, 2.75) is 91.7 Å². The molecule has 0 saturated heterocycles. The summed E-state index contributed by atoms with van der Waals surface area (Å²) in [5.74, 6) is -1.70. The van der Waals surface area contributed by atoms with E-state index in [0.717, 1.165) is 43.4 Å². The summed E-state index contributed by atoms with van der Waals surface area (Å²) in [5, 5.41) is 12.5. The maximum absolute atomic E-state index is 12.9. The highest BCUT2D eigenvalue weighted by Crippen LogP contribution is 2.31. The number of carboxylic acids is 1. The first-order valence-electron chi connectivity index (χ1n) is 11.0. The number of carbonyl (C=O) groups is 3. The number of carboxylic acid groups (broad SMARTS) is 1. The third kappa shape index (κ3) is 9.35. The van der Waals surface area contributed by atoms with Gasteiger partial charge in [-0.15, -0.1) is 11.3 Å². The molecule has 0 bridgehead atoms. The molecule has 0 spiro atoms. The van der Waals surface area contributed by atoms with E-state index < -0.39 is 18.0 Å². The van der Waals surface area contributed by atoms with Gasteiger partial charge in [-0.1, -0.05) is 47.0 Å². The van der Waals surface area contributed by atoms with Crippen LogP contribution in [-0.4, -0.2) is 45.6 Å². The van der Waals surface area contributed by atoms with Crippen molar-refractivity contribution >= 4 is 29.2 Å². The van der Waals surface area contributed by atoms with Gasteiger partial charge in [-0.25, -0.2) is 14.8 Å². The normalized spacial score (nSPS) is 13.1. The van der Waals surface area contributed by atoms with Gasteiger partial charge in [0.1, 0.15) is 5.01 Å². The van der Waals surface area contributed by atoms with Crippen LogP contribution in [-0.2, 0) is 19.2 Å². The van der Waals surface area contributed by atoms with Crippen LogP contribution in [0.1, 0.15) is 101 Å². The van der Waals surface area contributed by atoms with E-state index in [9.17, 15) is 19.5 Å². The van der Waals surface area contributed by atoms with E-state index in [1.54, 1.807) is 0 Å². The van der Waals surface area contributed by atoms with Crippen LogP contribution in [0, 0.1) is 5.92 Å². The van der Waals surface area contributed by atoms with Crippen molar-refractivity contribution < 1.29 is 29.1 Å². The van der Waals surface area contributed by atoms with Gasteiger partial charge in [0.05, 0.1) is 12.6 Å². The molecule has 1 heterocycles. The molecule has 0 saturated carbocycles. The summed E-state index contributed by atoms with van der Waals surface area (Å²) in [6.07, 6.45) is 4.46. The molecule has 8 nitrogen and oxygen atoms in total. The molecule has 1 aromatic heterocycles. The number of carbonyl (C=O) groups excluding carboxylic acids is 2. The summed E-state index contributed by atoms with van der Waals surface area (Å²) in [6.45, 7) is 9.83. The zero-order valence-electron chi connectivity index (χ0n) is 19.3. The van der Waals surface area contributed by atoms with E-state index in [-0.39, 0.29) is 30.0 Å². The van der Waals surface area contributed by atoms with Crippen LogP contribution in [0.25, 0.3) is 0 Å². The number of aromatic nitrogens is 1. The highest BCUT2D eigenvalue weighted by Gasteiger charge is 2.33. The number of hydrogen-bond donors (Lipinski definition) is 1. The molecule has 2 atom stereocenters. The Morgan fingerprint density at radius 2 is 1.84 bits per heavy atom. The van der Waals surface area contributed by atoms with Crippen molar-refractivity contribution in [1.29, 1.82) is 0 Å². The minimum Gasteiger partial charge on any atom is -0.476 e. The molecule has 0 radical (unpaired) electrons. The first-order valence-corrected chi connectivity index (χ1v) is 11.9. The quantitative estimate of drug-likeness (QED) is 0.225. The van der Waals surface area contributed by atoms with Crippen LogP contribution in [0.5, 0.6) is 0 Å². The van der Waals surface area contributed by atoms with Crippen molar-refractivity contribution in [2.24, 2.45) is 5.92 Å². The lowest BCUT2D eigenvalue weighted by Gasteiger charge is -2.35. The Hall–Kier alpha value is -2.00. The molecule has 1 rings (SSSR count). The van der Waals surface area contributed by atoms with Crippen LogP contribution in [0.15, 0.2) is 5.38 Å². The second kappa shape index (κ2) is 14.1. The number of amides is 1. The first kappa shape index (κ1) is 27.0. The van der Waals surface area contributed by atoms with Gasteiger partial charge in [0, 0.05) is 25.1 Å². The molecule has 0 fully saturated rings. The van der Waals surface area contributed by atoms with Crippen LogP contribution in [0.2, 0.25) is 0 Å². The maximum Gasteiger partial charge on any atom is 0.355 e. The largest absolute Gasteiger partial charge is 0.476 e. The van der Waals surface area contributed by atoms with Crippen molar-refractivity contribution in [3.8, 4) is 0 Å². The second-order valence-electron chi connectivity index (χ2n) is 7.88. The predicted molar refractivity (Wildman–Crippen MR) is 119 cm³/mol. The summed E-state index contributed by atoms with van der Waals surface area (Å²) in [7, 11) is 0. The lowest BCUT2D eigenvalue weighted by molar-refractivity contribution is -0.210. The van der Waals surface area contributed by atoms with Gasteiger partial charge >= 0.3 is 11.9 Å². The topological polar surface area (TPSA) is 106 Å². The number of ether oxygens (including phenoxy) is 1. The number of hydrogen-bond acceptors (Lipinski definition) is 7. The summed E-state index contributed by atoms with van der Waals surface area (Å²) in [6, 6.07) is -0.354. The Kier molecular flexibility index (Phi) is 12.3. The maximum atomic E-state index is 12.9. The Bertz CT molecular complexity index is 706. The monoisotopic (exact) mass is 456 g/mol. The Morgan fingerprint density at radius 3 is 2.35 bits per heavy atom. The molecule has 0 aliphatic carbocycles. The fraction of sp³-hybridized carbons (Fsp3) is 0.727. The van der Waals surface area contributed by atoms with Gasteiger partial charge < -0.3 is 9.84 Å². The molecule has 31 heavy (non-hydrogen) atoms. The second-order valence-corrected chi connectivity index (χ2v) is 8.77. The van der Waals surface area contributed by atoms with Crippen molar-refractivity contribution in [1.82, 2.24) is 10.0 Å². The standard InChI is InChI=1S/C22H36N2O6S/c1-6-8-10-12-29-24(20(26)11-9-7-2)18(15(3)4)13-19(30-16(5)25)21-23-17(14-31-21)22(27)28/h14-15,18-19H,6-13H2,1-5H3,(H,27,28). The fourth-order valence-electron chi connectivity index (χ4n) is 3.10. The zero-order chi connectivity index (χ0) is 23.4. The van der Waals surface area contributed by atoms with Crippen molar-refractivity contribution in [3.63, 3.8) is 0 Å². The van der Waals surface area contributed by atoms with Crippen LogP contribution in [0.3, 0.4) is 0 Å². The number of esters is 1. The molecular formula is C22H36N2O6S. The Balaban J connectivity index is 3.13. The molecular weight excluding hydrogens is 420 g/mol. The smallest absolute Gasteiger partial charge is 0.355 e. The van der Waals surface area contributed by atoms with E-state index in [1.807, 2.05) is 20.8 Å². The fourth-order valence-corrected chi connectivity index (χ4v) is 3.93. The lowest BCUT2D eigenvalue weighted by Crippen LogP contribution is -2.44. The average Bonchev–Trinajstić information content (AvgIpc) is 3.20. The zero-order valence-corrected chi connectivity index (χ0v) is 20.1. The van der Waals surface area contributed by atoms with E-state index >= 15 is 0 Å². The van der Waals surface area contributed by atoms with Gasteiger partial charge in [-0.05, 0) is 18.8 Å². The van der Waals surface area contributed by atoms with Gasteiger partial charge in [0.2, 0.25) is 5.91 Å². The van der Waals surface area contributed by atoms with E-state index in [1.165, 1.54) is 17.4 Å². The predicted octanol–water partition coefficient (Wildman–Crippen LogP) is 5.00. The molecule has 1 amide bonds. The average molecular weight is 457 g/mol.